The summed E-state index contributed by atoms with van der Waals surface area (Å²) in [6.45, 7) is 3.63. The van der Waals surface area contributed by atoms with Gasteiger partial charge in [-0.2, -0.15) is 5.10 Å². The van der Waals surface area contributed by atoms with Crippen molar-refractivity contribution in [1.29, 1.82) is 0 Å². The van der Waals surface area contributed by atoms with Crippen LogP contribution in [0.5, 0.6) is 17.2 Å². The first kappa shape index (κ1) is 20.8. The second-order valence-corrected chi connectivity index (χ2v) is 5.96. The molecule has 0 aliphatic heterocycles. The molecule has 2 aromatic rings. The summed E-state index contributed by atoms with van der Waals surface area (Å²) in [5.74, 6) is -1.12. The largest absolute Gasteiger partial charge is 0.545 e. The van der Waals surface area contributed by atoms with Crippen LogP contribution in [-0.2, 0) is 4.79 Å². The van der Waals surface area contributed by atoms with Gasteiger partial charge in [0.15, 0.2) is 18.1 Å². The van der Waals surface area contributed by atoms with Crippen LogP contribution >= 0.6 is 0 Å². The van der Waals surface area contributed by atoms with Crippen LogP contribution in [0.15, 0.2) is 35.4 Å². The number of carboxylic acids is 1. The Morgan fingerprint density at radius 3 is 2.36 bits per heavy atom. The van der Waals surface area contributed by atoms with Gasteiger partial charge in [-0.05, 0) is 49.2 Å². The average molecular weight is 385 g/mol. The van der Waals surface area contributed by atoms with Gasteiger partial charge in [-0.25, -0.2) is 5.43 Å². The smallest absolute Gasteiger partial charge is 0.277 e. The number of benzene rings is 2. The molecule has 28 heavy (non-hydrogen) atoms. The maximum absolute atomic E-state index is 11.9. The summed E-state index contributed by atoms with van der Waals surface area (Å²) in [4.78, 5) is 23.4. The fraction of sp³-hybridized carbons (Fsp3) is 0.250. The van der Waals surface area contributed by atoms with Gasteiger partial charge in [0.2, 0.25) is 0 Å². The van der Waals surface area contributed by atoms with Crippen molar-refractivity contribution < 1.29 is 28.9 Å². The van der Waals surface area contributed by atoms with Gasteiger partial charge in [-0.1, -0.05) is 6.07 Å². The maximum Gasteiger partial charge on any atom is 0.277 e. The van der Waals surface area contributed by atoms with Crippen LogP contribution in [0.1, 0.15) is 27.0 Å². The molecule has 0 aromatic heterocycles. The standard InChI is InChI=1S/C20H22N2O6/c1-12-7-13(2)9-15(8-12)28-11-17(23)22-21-10-14-5-6-16(26-3)19(27-4)18(14)20(24)25/h5-10H,11H2,1-4H3,(H,22,23)(H,24,25)/p-1/b21-10-. The molecule has 8 heteroatoms. The topological polar surface area (TPSA) is 109 Å². The van der Waals surface area contributed by atoms with E-state index in [1.165, 1.54) is 32.6 Å². The zero-order valence-electron chi connectivity index (χ0n) is 16.1. The quantitative estimate of drug-likeness (QED) is 0.540. The molecular weight excluding hydrogens is 364 g/mol. The monoisotopic (exact) mass is 385 g/mol. The van der Waals surface area contributed by atoms with Crippen LogP contribution in [0, 0.1) is 13.8 Å². The number of rotatable bonds is 8. The molecule has 0 atom stereocenters. The van der Waals surface area contributed by atoms with Crippen molar-refractivity contribution in [3.05, 3.63) is 52.6 Å². The Balaban J connectivity index is 2.05. The van der Waals surface area contributed by atoms with Crippen LogP contribution in [-0.4, -0.2) is 38.9 Å². The minimum atomic E-state index is -1.46. The molecule has 2 aromatic carbocycles. The lowest BCUT2D eigenvalue weighted by atomic mass is 10.1. The molecule has 8 nitrogen and oxygen atoms in total. The molecule has 148 valence electrons. The van der Waals surface area contributed by atoms with Gasteiger partial charge in [0.1, 0.15) is 5.75 Å². The molecule has 0 spiro atoms. The van der Waals surface area contributed by atoms with E-state index in [1.54, 1.807) is 0 Å². The van der Waals surface area contributed by atoms with Crippen LogP contribution in [0.3, 0.4) is 0 Å². The van der Waals surface area contributed by atoms with E-state index in [1.807, 2.05) is 32.0 Å². The fourth-order valence-corrected chi connectivity index (χ4v) is 2.63. The number of hydrazone groups is 1. The number of carbonyl (C=O) groups is 2. The third-order valence-electron chi connectivity index (χ3n) is 3.74. The predicted molar refractivity (Wildman–Crippen MR) is 101 cm³/mol. The summed E-state index contributed by atoms with van der Waals surface area (Å²) in [5, 5.41) is 15.2. The number of carbonyl (C=O) groups excluding carboxylic acids is 2. The highest BCUT2D eigenvalue weighted by molar-refractivity contribution is 6.01. The first-order valence-electron chi connectivity index (χ1n) is 8.35. The molecule has 0 aliphatic rings. The van der Waals surface area contributed by atoms with Gasteiger partial charge in [0, 0.05) is 5.56 Å². The Kier molecular flexibility index (Phi) is 6.97. The Morgan fingerprint density at radius 1 is 1.11 bits per heavy atom. The van der Waals surface area contributed by atoms with Crippen molar-refractivity contribution in [2.75, 3.05) is 20.8 Å². The van der Waals surface area contributed by atoms with Crippen molar-refractivity contribution >= 4 is 18.1 Å². The lowest BCUT2D eigenvalue weighted by Crippen LogP contribution is -2.26. The highest BCUT2D eigenvalue weighted by Gasteiger charge is 2.15. The third kappa shape index (κ3) is 5.23. The second-order valence-electron chi connectivity index (χ2n) is 5.96. The number of carboxylic acid groups (broad SMARTS) is 1. The number of ether oxygens (including phenoxy) is 3. The summed E-state index contributed by atoms with van der Waals surface area (Å²) >= 11 is 0. The number of amides is 1. The van der Waals surface area contributed by atoms with Crippen molar-refractivity contribution in [2.24, 2.45) is 5.10 Å². The number of aryl methyl sites for hydroxylation is 2. The third-order valence-corrected chi connectivity index (χ3v) is 3.74. The van der Waals surface area contributed by atoms with E-state index in [9.17, 15) is 14.7 Å². The Hall–Kier alpha value is -3.55. The summed E-state index contributed by atoms with van der Waals surface area (Å²) in [6, 6.07) is 8.62. The maximum atomic E-state index is 11.9. The van der Waals surface area contributed by atoms with Crippen molar-refractivity contribution in [2.45, 2.75) is 13.8 Å². The highest BCUT2D eigenvalue weighted by Crippen LogP contribution is 2.32. The first-order valence-corrected chi connectivity index (χ1v) is 8.35. The number of hydrogen-bond donors (Lipinski definition) is 1. The Labute approximate surface area is 162 Å². The lowest BCUT2D eigenvalue weighted by molar-refractivity contribution is -0.255. The van der Waals surface area contributed by atoms with Crippen molar-refractivity contribution in [3.8, 4) is 17.2 Å². The average Bonchev–Trinajstić information content (AvgIpc) is 2.64. The molecule has 2 rings (SSSR count). The van der Waals surface area contributed by atoms with Gasteiger partial charge >= 0.3 is 0 Å². The van der Waals surface area contributed by atoms with E-state index in [-0.39, 0.29) is 29.2 Å². The molecule has 0 bridgehead atoms. The SMILES string of the molecule is COc1ccc(/C=N\NC(=O)COc2cc(C)cc(C)c2)c(C(=O)[O-])c1OC. The molecular formula is C20H21N2O6-. The van der Waals surface area contributed by atoms with Crippen LogP contribution in [0.4, 0.5) is 0 Å². The molecule has 0 saturated carbocycles. The normalized spacial score (nSPS) is 10.6. The number of methoxy groups -OCH3 is 2. The van der Waals surface area contributed by atoms with Crippen LogP contribution in [0.2, 0.25) is 0 Å². The molecule has 0 aliphatic carbocycles. The minimum absolute atomic E-state index is 0.0101. The van der Waals surface area contributed by atoms with Gasteiger partial charge in [0.05, 0.1) is 32.0 Å². The van der Waals surface area contributed by atoms with E-state index < -0.39 is 11.9 Å². The Morgan fingerprint density at radius 2 is 1.79 bits per heavy atom. The molecule has 0 unspecified atom stereocenters. The van der Waals surface area contributed by atoms with E-state index >= 15 is 0 Å². The minimum Gasteiger partial charge on any atom is -0.545 e. The van der Waals surface area contributed by atoms with E-state index in [0.29, 0.717) is 5.75 Å². The second kappa shape index (κ2) is 9.40. The molecule has 0 heterocycles. The lowest BCUT2D eigenvalue weighted by Gasteiger charge is -2.15. The summed E-state index contributed by atoms with van der Waals surface area (Å²) in [5.41, 5.74) is 4.29. The van der Waals surface area contributed by atoms with E-state index in [2.05, 4.69) is 10.5 Å². The van der Waals surface area contributed by atoms with Gasteiger partial charge in [-0.3, -0.25) is 4.79 Å². The molecule has 1 amide bonds. The predicted octanol–water partition coefficient (Wildman–Crippen LogP) is 1.21. The number of aromatic carboxylic acids is 1. The summed E-state index contributed by atoms with van der Waals surface area (Å²) in [7, 11) is 2.71. The summed E-state index contributed by atoms with van der Waals surface area (Å²) < 4.78 is 15.6. The molecule has 1 N–H and O–H groups in total. The molecule has 0 radical (unpaired) electrons. The van der Waals surface area contributed by atoms with E-state index in [0.717, 1.165) is 11.1 Å². The van der Waals surface area contributed by atoms with E-state index in [4.69, 9.17) is 14.2 Å². The summed E-state index contributed by atoms with van der Waals surface area (Å²) in [6.07, 6.45) is 1.18. The number of hydrogen-bond acceptors (Lipinski definition) is 7. The number of nitrogens with one attached hydrogen (secondary N) is 1. The first-order chi connectivity index (χ1) is 13.3. The zero-order valence-corrected chi connectivity index (χ0v) is 16.1. The number of nitrogens with zero attached hydrogens (tertiary/aromatic N) is 1. The zero-order chi connectivity index (χ0) is 20.7. The molecule has 0 fully saturated rings. The van der Waals surface area contributed by atoms with Crippen LogP contribution in [0.25, 0.3) is 0 Å². The van der Waals surface area contributed by atoms with Crippen LogP contribution < -0.4 is 24.7 Å². The van der Waals surface area contributed by atoms with Gasteiger partial charge in [-0.15, -0.1) is 0 Å². The van der Waals surface area contributed by atoms with Crippen molar-refractivity contribution in [1.82, 2.24) is 5.43 Å². The highest BCUT2D eigenvalue weighted by atomic mass is 16.5. The fourth-order valence-electron chi connectivity index (χ4n) is 2.63. The Bertz CT molecular complexity index is 888. The van der Waals surface area contributed by atoms with Gasteiger partial charge < -0.3 is 24.1 Å². The van der Waals surface area contributed by atoms with Crippen molar-refractivity contribution in [3.63, 3.8) is 0 Å². The molecule has 0 saturated heterocycles. The van der Waals surface area contributed by atoms with Gasteiger partial charge in [0.25, 0.3) is 5.91 Å².